The van der Waals surface area contributed by atoms with Gasteiger partial charge in [-0.3, -0.25) is 0 Å². The van der Waals surface area contributed by atoms with Crippen LogP contribution in [0.4, 0.5) is 20.3 Å². The van der Waals surface area contributed by atoms with Crippen LogP contribution in [0.1, 0.15) is 53.3 Å². The lowest BCUT2D eigenvalue weighted by Crippen LogP contribution is -2.36. The fourth-order valence-electron chi connectivity index (χ4n) is 6.36. The molecule has 7 rings (SSSR count). The van der Waals surface area contributed by atoms with Gasteiger partial charge < -0.3 is 28.8 Å². The number of carbonyl (C=O) groups is 1. The number of aromatic nitrogens is 3. The maximum absolute atomic E-state index is 14.6. The Morgan fingerprint density at radius 2 is 1.93 bits per heavy atom. The van der Waals surface area contributed by atoms with Crippen LogP contribution >= 0.6 is 0 Å². The summed E-state index contributed by atoms with van der Waals surface area (Å²) in [7, 11) is 0. The van der Waals surface area contributed by atoms with E-state index in [0.717, 1.165) is 68.3 Å². The molecule has 9 nitrogen and oxygen atoms in total. The standard InChI is InChI=1S/C32H29F2N5O4/c1-35-21-4-2-20(25(34)15-21)18-43-30-24(33)5-7-28(37-30)38-11-9-32(10-12-38)16-23(32)29-36-26-6-3-19(31(40)41)14-27(26)39(29)17-22-8-13-42-22/h2-7,14-15,22-23H,8-13,16-18H2,(H,40,41)/p-1/t22-,23?/m0/s1. The first-order valence-corrected chi connectivity index (χ1v) is 14.4. The summed E-state index contributed by atoms with van der Waals surface area (Å²) < 4.78 is 42.2. The zero-order valence-electron chi connectivity index (χ0n) is 23.3. The molecular formula is C32H28F2N5O4-. The highest BCUT2D eigenvalue weighted by molar-refractivity contribution is 5.91. The van der Waals surface area contributed by atoms with Crippen LogP contribution < -0.4 is 14.7 Å². The van der Waals surface area contributed by atoms with Gasteiger partial charge in [-0.05, 0) is 67.0 Å². The number of hydrogen-bond acceptors (Lipinski definition) is 7. The lowest BCUT2D eigenvalue weighted by atomic mass is 9.90. The van der Waals surface area contributed by atoms with Gasteiger partial charge in [-0.1, -0.05) is 18.2 Å². The topological polar surface area (TPSA) is 96.9 Å². The minimum atomic E-state index is -1.21. The monoisotopic (exact) mass is 584 g/mol. The van der Waals surface area contributed by atoms with Gasteiger partial charge in [0.25, 0.3) is 5.88 Å². The van der Waals surface area contributed by atoms with Crippen LogP contribution in [0.15, 0.2) is 48.5 Å². The van der Waals surface area contributed by atoms with Crippen LogP contribution in [-0.2, 0) is 17.9 Å². The number of fused-ring (bicyclic) bond motifs is 1. The molecule has 3 fully saturated rings. The third-order valence-electron chi connectivity index (χ3n) is 9.11. The van der Waals surface area contributed by atoms with Gasteiger partial charge in [0.2, 0.25) is 0 Å². The molecule has 43 heavy (non-hydrogen) atoms. The Labute approximate surface area is 246 Å². The third kappa shape index (κ3) is 5.06. The number of imidazole rings is 1. The van der Waals surface area contributed by atoms with E-state index in [9.17, 15) is 18.7 Å². The fourth-order valence-corrected chi connectivity index (χ4v) is 6.36. The van der Waals surface area contributed by atoms with Gasteiger partial charge in [0.05, 0.1) is 36.2 Å². The number of carboxylic acids is 1. The van der Waals surface area contributed by atoms with Gasteiger partial charge in [0, 0.05) is 31.2 Å². The summed E-state index contributed by atoms with van der Waals surface area (Å²) in [5.41, 5.74) is 2.17. The number of carboxylic acid groups (broad SMARTS) is 1. The van der Waals surface area contributed by atoms with E-state index in [1.807, 2.05) is 0 Å². The molecule has 220 valence electrons. The first kappa shape index (κ1) is 27.3. The van der Waals surface area contributed by atoms with Gasteiger partial charge in [0.15, 0.2) is 11.5 Å². The molecule has 1 aliphatic carbocycles. The Kier molecular flexibility index (Phi) is 6.73. The average Bonchev–Trinajstić information content (AvgIpc) is 3.55. The summed E-state index contributed by atoms with van der Waals surface area (Å²) in [6.07, 6.45) is 3.85. The second-order valence-electron chi connectivity index (χ2n) is 11.6. The number of ether oxygens (including phenoxy) is 2. The van der Waals surface area contributed by atoms with Crippen molar-refractivity contribution in [1.29, 1.82) is 0 Å². The van der Waals surface area contributed by atoms with Crippen LogP contribution in [0.2, 0.25) is 0 Å². The van der Waals surface area contributed by atoms with E-state index < -0.39 is 17.6 Å². The highest BCUT2D eigenvalue weighted by atomic mass is 19.1. The lowest BCUT2D eigenvalue weighted by molar-refractivity contribution is -0.255. The molecule has 0 N–H and O–H groups in total. The Balaban J connectivity index is 1.05. The Morgan fingerprint density at radius 1 is 1.12 bits per heavy atom. The molecular weight excluding hydrogens is 556 g/mol. The molecule has 2 aromatic carbocycles. The fraction of sp³-hybridized carbons (Fsp3) is 0.375. The van der Waals surface area contributed by atoms with Crippen molar-refractivity contribution in [3.05, 3.63) is 88.5 Å². The molecule has 2 aromatic heterocycles. The van der Waals surface area contributed by atoms with Gasteiger partial charge in [-0.15, -0.1) is 0 Å². The molecule has 2 atom stereocenters. The van der Waals surface area contributed by atoms with E-state index >= 15 is 0 Å². The van der Waals surface area contributed by atoms with Crippen LogP contribution in [0.5, 0.6) is 5.88 Å². The normalized spacial score (nSPS) is 20.5. The van der Waals surface area contributed by atoms with Crippen molar-refractivity contribution in [2.24, 2.45) is 5.41 Å². The van der Waals surface area contributed by atoms with Crippen molar-refractivity contribution in [2.45, 2.75) is 50.9 Å². The van der Waals surface area contributed by atoms with Gasteiger partial charge >= 0.3 is 0 Å². The number of hydrogen-bond donors (Lipinski definition) is 0. The molecule has 4 heterocycles. The largest absolute Gasteiger partial charge is 0.545 e. The minimum Gasteiger partial charge on any atom is -0.545 e. The van der Waals surface area contributed by atoms with Crippen LogP contribution in [-0.4, -0.2) is 46.3 Å². The van der Waals surface area contributed by atoms with Gasteiger partial charge in [0.1, 0.15) is 24.1 Å². The molecule has 0 bridgehead atoms. The second kappa shape index (κ2) is 10.6. The number of halogens is 2. The minimum absolute atomic E-state index is 0.0850. The first-order chi connectivity index (χ1) is 20.8. The van der Waals surface area contributed by atoms with Gasteiger partial charge in [-0.25, -0.2) is 18.6 Å². The number of pyridine rings is 1. The Hall–Kier alpha value is -4.56. The zero-order chi connectivity index (χ0) is 29.7. The van der Waals surface area contributed by atoms with E-state index in [0.29, 0.717) is 12.4 Å². The van der Waals surface area contributed by atoms with Crippen molar-refractivity contribution in [2.75, 3.05) is 24.6 Å². The summed E-state index contributed by atoms with van der Waals surface area (Å²) >= 11 is 0. The number of anilines is 1. The molecule has 2 aliphatic heterocycles. The number of aromatic carboxylic acids is 1. The van der Waals surface area contributed by atoms with Crippen molar-refractivity contribution >= 4 is 28.5 Å². The lowest BCUT2D eigenvalue weighted by Gasteiger charge is -2.34. The molecule has 0 radical (unpaired) electrons. The van der Waals surface area contributed by atoms with Crippen molar-refractivity contribution in [1.82, 2.24) is 14.5 Å². The number of nitrogens with zero attached hydrogens (tertiary/aromatic N) is 5. The quantitative estimate of drug-likeness (QED) is 0.276. The van der Waals surface area contributed by atoms with Crippen LogP contribution in [0.3, 0.4) is 0 Å². The van der Waals surface area contributed by atoms with Crippen LogP contribution in [0, 0.1) is 23.6 Å². The highest BCUT2D eigenvalue weighted by Crippen LogP contribution is 2.65. The van der Waals surface area contributed by atoms with Crippen molar-refractivity contribution in [3.63, 3.8) is 0 Å². The molecule has 11 heteroatoms. The van der Waals surface area contributed by atoms with Crippen molar-refractivity contribution < 1.29 is 28.2 Å². The Morgan fingerprint density at radius 3 is 2.63 bits per heavy atom. The molecule has 1 unspecified atom stereocenters. The molecule has 0 amide bonds. The summed E-state index contributed by atoms with van der Waals surface area (Å²) in [5, 5.41) is 11.5. The van der Waals surface area contributed by atoms with E-state index in [4.69, 9.17) is 21.0 Å². The smallest absolute Gasteiger partial charge is 0.252 e. The predicted octanol–water partition coefficient (Wildman–Crippen LogP) is 4.77. The third-order valence-corrected chi connectivity index (χ3v) is 9.11. The van der Waals surface area contributed by atoms with Gasteiger partial charge in [-0.2, -0.15) is 4.98 Å². The summed E-state index contributed by atoms with van der Waals surface area (Å²) in [5.74, 6) is -0.807. The number of carbonyl (C=O) groups excluding carboxylic acids is 1. The van der Waals surface area contributed by atoms with E-state index in [2.05, 4.69) is 19.3 Å². The maximum Gasteiger partial charge on any atom is 0.252 e. The zero-order valence-corrected chi connectivity index (χ0v) is 23.3. The number of piperidine rings is 1. The van der Waals surface area contributed by atoms with Crippen molar-refractivity contribution in [3.8, 4) is 5.88 Å². The highest BCUT2D eigenvalue weighted by Gasteiger charge is 2.57. The average molecular weight is 585 g/mol. The second-order valence-corrected chi connectivity index (χ2v) is 11.6. The summed E-state index contributed by atoms with van der Waals surface area (Å²) in [6, 6.07) is 11.9. The first-order valence-electron chi connectivity index (χ1n) is 14.4. The maximum atomic E-state index is 14.6. The summed E-state index contributed by atoms with van der Waals surface area (Å²) in [6.45, 7) is 9.61. The molecule has 4 aromatic rings. The van der Waals surface area contributed by atoms with Crippen LogP contribution in [0.25, 0.3) is 15.9 Å². The molecule has 1 saturated carbocycles. The van der Waals surface area contributed by atoms with E-state index in [1.54, 1.807) is 18.2 Å². The molecule has 3 aliphatic rings. The Bertz CT molecular complexity index is 1770. The number of benzene rings is 2. The summed E-state index contributed by atoms with van der Waals surface area (Å²) in [4.78, 5) is 26.2. The van der Waals surface area contributed by atoms with E-state index in [-0.39, 0.29) is 46.7 Å². The predicted molar refractivity (Wildman–Crippen MR) is 151 cm³/mol. The number of rotatable bonds is 8. The molecule has 1 spiro atoms. The SMILES string of the molecule is [C-]#[N+]c1ccc(COc2nc(N3CCC4(CC3)CC4c3nc4ccc(C(=O)[O-])cc4n3C[C@@H]3CCO3)ccc2F)c(F)c1. The molecule has 2 saturated heterocycles. The van der Waals surface area contributed by atoms with E-state index in [1.165, 1.54) is 24.3 Å².